The van der Waals surface area contributed by atoms with Gasteiger partial charge in [-0.2, -0.15) is 0 Å². The number of hydrogen-bond acceptors (Lipinski definition) is 5. The first-order chi connectivity index (χ1) is 13.6. The number of nitrogens with zero attached hydrogens (tertiary/aromatic N) is 3. The molecule has 0 saturated carbocycles. The molecule has 2 aliphatic heterocycles. The van der Waals surface area contributed by atoms with Crippen LogP contribution in [0.25, 0.3) is 0 Å². The summed E-state index contributed by atoms with van der Waals surface area (Å²) in [7, 11) is 0. The van der Waals surface area contributed by atoms with E-state index in [0.29, 0.717) is 13.0 Å². The molecule has 0 bridgehead atoms. The average Bonchev–Trinajstić information content (AvgIpc) is 3.01. The highest BCUT2D eigenvalue weighted by molar-refractivity contribution is 6.05. The molecule has 0 radical (unpaired) electrons. The van der Waals surface area contributed by atoms with Gasteiger partial charge in [0.15, 0.2) is 0 Å². The molecule has 0 spiro atoms. The molecule has 2 fully saturated rings. The van der Waals surface area contributed by atoms with E-state index in [0.717, 1.165) is 37.4 Å². The lowest BCUT2D eigenvalue weighted by molar-refractivity contribution is -0.139. The second-order valence-corrected chi connectivity index (χ2v) is 7.38. The van der Waals surface area contributed by atoms with Crippen LogP contribution in [0.2, 0.25) is 0 Å². The van der Waals surface area contributed by atoms with Crippen molar-refractivity contribution < 1.29 is 14.7 Å². The maximum atomic E-state index is 12.8. The van der Waals surface area contributed by atoms with Gasteiger partial charge in [0.05, 0.1) is 12.5 Å². The predicted molar refractivity (Wildman–Crippen MR) is 107 cm³/mol. The molecule has 0 aliphatic carbocycles. The standard InChI is InChI=1S/C22H25N3O3/c26-19-8-6-18(7-9-19)23-12-14-24(15-13-23)20-16-21(27)25(22(20)28)11-10-17-4-2-1-3-5-17/h1-9,20,26H,10-16H2/t20-/m1/s1. The van der Waals surface area contributed by atoms with Crippen LogP contribution in [0.1, 0.15) is 12.0 Å². The Hall–Kier alpha value is -2.86. The molecular formula is C22H25N3O3. The number of carbonyl (C=O) groups excluding carboxylic acids is 2. The first-order valence-corrected chi connectivity index (χ1v) is 9.78. The van der Waals surface area contributed by atoms with Crippen LogP contribution in [0.4, 0.5) is 5.69 Å². The van der Waals surface area contributed by atoms with Crippen molar-refractivity contribution in [3.8, 4) is 5.75 Å². The highest BCUT2D eigenvalue weighted by Gasteiger charge is 2.42. The lowest BCUT2D eigenvalue weighted by Gasteiger charge is -2.38. The van der Waals surface area contributed by atoms with Crippen LogP contribution >= 0.6 is 0 Å². The van der Waals surface area contributed by atoms with Gasteiger partial charge in [0.2, 0.25) is 11.8 Å². The quantitative estimate of drug-likeness (QED) is 0.804. The third-order valence-electron chi connectivity index (χ3n) is 5.66. The van der Waals surface area contributed by atoms with E-state index in [-0.39, 0.29) is 30.0 Å². The number of aromatic hydroxyl groups is 1. The summed E-state index contributed by atoms with van der Waals surface area (Å²) in [6, 6.07) is 16.8. The summed E-state index contributed by atoms with van der Waals surface area (Å²) in [5.74, 6) is 0.138. The molecule has 2 aromatic rings. The minimum Gasteiger partial charge on any atom is -0.508 e. The van der Waals surface area contributed by atoms with Gasteiger partial charge in [0, 0.05) is 38.4 Å². The zero-order chi connectivity index (χ0) is 19.5. The Bertz CT molecular complexity index is 830. The lowest BCUT2D eigenvalue weighted by Crippen LogP contribution is -2.52. The van der Waals surface area contributed by atoms with Crippen molar-refractivity contribution >= 4 is 17.5 Å². The fourth-order valence-corrected chi connectivity index (χ4v) is 4.03. The number of carbonyl (C=O) groups is 2. The molecule has 2 aliphatic rings. The Morgan fingerprint density at radius 2 is 1.57 bits per heavy atom. The number of rotatable bonds is 5. The van der Waals surface area contributed by atoms with E-state index in [1.165, 1.54) is 4.90 Å². The van der Waals surface area contributed by atoms with Crippen molar-refractivity contribution in [3.63, 3.8) is 0 Å². The van der Waals surface area contributed by atoms with Crippen LogP contribution in [0.3, 0.4) is 0 Å². The normalized spacial score (nSPS) is 20.8. The van der Waals surface area contributed by atoms with Crippen molar-refractivity contribution in [3.05, 3.63) is 60.2 Å². The molecule has 2 saturated heterocycles. The molecule has 28 heavy (non-hydrogen) atoms. The first kappa shape index (κ1) is 18.5. The summed E-state index contributed by atoms with van der Waals surface area (Å²) in [5, 5.41) is 9.44. The van der Waals surface area contributed by atoms with Gasteiger partial charge in [-0.3, -0.25) is 19.4 Å². The molecule has 2 amide bonds. The molecule has 146 valence electrons. The van der Waals surface area contributed by atoms with Crippen molar-refractivity contribution in [2.75, 3.05) is 37.6 Å². The topological polar surface area (TPSA) is 64.1 Å². The van der Waals surface area contributed by atoms with E-state index in [9.17, 15) is 14.7 Å². The number of phenols is 1. The highest BCUT2D eigenvalue weighted by atomic mass is 16.3. The van der Waals surface area contributed by atoms with Crippen molar-refractivity contribution in [1.82, 2.24) is 9.80 Å². The molecule has 2 heterocycles. The number of anilines is 1. The van der Waals surface area contributed by atoms with Crippen LogP contribution in [0.15, 0.2) is 54.6 Å². The zero-order valence-corrected chi connectivity index (χ0v) is 15.8. The van der Waals surface area contributed by atoms with E-state index in [4.69, 9.17) is 0 Å². The molecule has 1 atom stereocenters. The van der Waals surface area contributed by atoms with Gasteiger partial charge in [0.25, 0.3) is 0 Å². The van der Waals surface area contributed by atoms with E-state index in [1.807, 2.05) is 42.5 Å². The van der Waals surface area contributed by atoms with E-state index >= 15 is 0 Å². The van der Waals surface area contributed by atoms with E-state index < -0.39 is 0 Å². The number of phenolic OH excluding ortho intramolecular Hbond substituents is 1. The molecule has 2 aromatic carbocycles. The van der Waals surface area contributed by atoms with Crippen LogP contribution < -0.4 is 4.90 Å². The number of benzene rings is 2. The molecule has 0 aromatic heterocycles. The minimum atomic E-state index is -0.328. The number of imide groups is 1. The maximum Gasteiger partial charge on any atom is 0.247 e. The fourth-order valence-electron chi connectivity index (χ4n) is 4.03. The molecule has 4 rings (SSSR count). The largest absolute Gasteiger partial charge is 0.508 e. The lowest BCUT2D eigenvalue weighted by atomic mass is 10.1. The number of hydrogen-bond donors (Lipinski definition) is 1. The number of piperazine rings is 1. The number of likely N-dealkylation sites (tertiary alicyclic amines) is 1. The van der Waals surface area contributed by atoms with Crippen LogP contribution in [0, 0.1) is 0 Å². The SMILES string of the molecule is O=C1C[C@@H](N2CCN(c3ccc(O)cc3)CC2)C(=O)N1CCc1ccccc1. The second-order valence-electron chi connectivity index (χ2n) is 7.38. The summed E-state index contributed by atoms with van der Waals surface area (Å²) in [6.07, 6.45) is 0.979. The second kappa shape index (κ2) is 8.02. The molecule has 1 N–H and O–H groups in total. The summed E-state index contributed by atoms with van der Waals surface area (Å²) < 4.78 is 0. The van der Waals surface area contributed by atoms with Crippen molar-refractivity contribution in [2.45, 2.75) is 18.9 Å². The van der Waals surface area contributed by atoms with Gasteiger partial charge in [-0.25, -0.2) is 0 Å². The first-order valence-electron chi connectivity index (χ1n) is 9.78. The third kappa shape index (κ3) is 3.87. The summed E-state index contributed by atoms with van der Waals surface area (Å²) in [4.78, 5) is 31.1. The Kier molecular flexibility index (Phi) is 5.30. The maximum absolute atomic E-state index is 12.8. The molecule has 6 heteroatoms. The molecule has 0 unspecified atom stereocenters. The van der Waals surface area contributed by atoms with Gasteiger partial charge in [-0.05, 0) is 36.2 Å². The smallest absolute Gasteiger partial charge is 0.247 e. The predicted octanol–water partition coefficient (Wildman–Crippen LogP) is 1.88. The Morgan fingerprint density at radius 3 is 2.25 bits per heavy atom. The minimum absolute atomic E-state index is 0.0565. The van der Waals surface area contributed by atoms with E-state index in [1.54, 1.807) is 12.1 Å². The Balaban J connectivity index is 1.33. The van der Waals surface area contributed by atoms with Crippen LogP contribution in [0.5, 0.6) is 5.75 Å². The van der Waals surface area contributed by atoms with Crippen LogP contribution in [-0.4, -0.2) is 65.5 Å². The van der Waals surface area contributed by atoms with E-state index in [2.05, 4.69) is 9.80 Å². The Morgan fingerprint density at radius 1 is 0.893 bits per heavy atom. The average molecular weight is 379 g/mol. The van der Waals surface area contributed by atoms with Crippen LogP contribution in [-0.2, 0) is 16.0 Å². The zero-order valence-electron chi connectivity index (χ0n) is 15.8. The van der Waals surface area contributed by atoms with Gasteiger partial charge in [-0.1, -0.05) is 30.3 Å². The van der Waals surface area contributed by atoms with Gasteiger partial charge in [0.1, 0.15) is 5.75 Å². The summed E-state index contributed by atoms with van der Waals surface area (Å²) in [6.45, 7) is 3.54. The van der Waals surface area contributed by atoms with Crippen molar-refractivity contribution in [1.29, 1.82) is 0 Å². The molecular weight excluding hydrogens is 354 g/mol. The Labute approximate surface area is 165 Å². The van der Waals surface area contributed by atoms with Gasteiger partial charge in [-0.15, -0.1) is 0 Å². The van der Waals surface area contributed by atoms with Gasteiger partial charge < -0.3 is 10.0 Å². The molecule has 6 nitrogen and oxygen atoms in total. The van der Waals surface area contributed by atoms with Crippen molar-refractivity contribution in [2.24, 2.45) is 0 Å². The summed E-state index contributed by atoms with van der Waals surface area (Å²) in [5.41, 5.74) is 2.20. The summed E-state index contributed by atoms with van der Waals surface area (Å²) >= 11 is 0. The number of amides is 2. The fraction of sp³-hybridized carbons (Fsp3) is 0.364. The third-order valence-corrected chi connectivity index (χ3v) is 5.66. The monoisotopic (exact) mass is 379 g/mol. The van der Waals surface area contributed by atoms with Gasteiger partial charge >= 0.3 is 0 Å². The highest BCUT2D eigenvalue weighted by Crippen LogP contribution is 2.24.